The van der Waals surface area contributed by atoms with Crippen molar-refractivity contribution in [3.05, 3.63) is 88.6 Å². The zero-order valence-electron chi connectivity index (χ0n) is 18.0. The van der Waals surface area contributed by atoms with E-state index in [0.29, 0.717) is 0 Å². The Morgan fingerprint density at radius 2 is 1.79 bits per heavy atom. The third kappa shape index (κ3) is 6.38. The van der Waals surface area contributed by atoms with Crippen LogP contribution < -0.4 is 5.73 Å². The maximum Gasteiger partial charge on any atom is 0.115 e. The van der Waals surface area contributed by atoms with Gasteiger partial charge in [0.05, 0.1) is 0 Å². The van der Waals surface area contributed by atoms with E-state index in [4.69, 9.17) is 5.73 Å². The van der Waals surface area contributed by atoms with E-state index in [1.165, 1.54) is 36.0 Å². The van der Waals surface area contributed by atoms with E-state index in [-0.39, 0.29) is 17.2 Å². The topological polar surface area (TPSA) is 46.2 Å². The lowest BCUT2D eigenvalue weighted by Crippen LogP contribution is -2.19. The fourth-order valence-corrected chi connectivity index (χ4v) is 3.76. The average molecular weight is 378 g/mol. The van der Waals surface area contributed by atoms with Crippen molar-refractivity contribution >= 4 is 0 Å². The summed E-state index contributed by atoms with van der Waals surface area (Å²) >= 11 is 0. The van der Waals surface area contributed by atoms with Crippen LogP contribution in [0, 0.1) is 5.41 Å². The second-order valence-corrected chi connectivity index (χ2v) is 8.56. The fourth-order valence-electron chi connectivity index (χ4n) is 3.76. The lowest BCUT2D eigenvalue weighted by atomic mass is 9.72. The van der Waals surface area contributed by atoms with Gasteiger partial charge in [-0.1, -0.05) is 79.2 Å². The Labute approximate surface area is 170 Å². The number of benzene rings is 1. The molecule has 0 aromatic heterocycles. The molecule has 0 radical (unpaired) electrons. The van der Waals surface area contributed by atoms with Crippen LogP contribution in [-0.2, 0) is 0 Å². The predicted octanol–water partition coefficient (Wildman–Crippen LogP) is 6.92. The van der Waals surface area contributed by atoms with Crippen LogP contribution in [0.2, 0.25) is 0 Å². The minimum absolute atomic E-state index is 0.182. The molecule has 1 aromatic carbocycles. The molecule has 0 fully saturated rings. The molecule has 0 heterocycles. The summed E-state index contributed by atoms with van der Waals surface area (Å²) in [5.74, 6) is 0.257. The third-order valence-corrected chi connectivity index (χ3v) is 5.49. The molecular weight excluding hydrogens is 342 g/mol. The van der Waals surface area contributed by atoms with Gasteiger partial charge in [-0.3, -0.25) is 0 Å². The Balaban J connectivity index is 2.01. The van der Waals surface area contributed by atoms with Crippen LogP contribution in [0.25, 0.3) is 0 Å². The number of allylic oxidation sites excluding steroid dienone is 9. The first-order valence-electron chi connectivity index (χ1n) is 10.2. The average Bonchev–Trinajstić information content (AvgIpc) is 2.61. The van der Waals surface area contributed by atoms with Crippen LogP contribution in [0.4, 0.5) is 0 Å². The SMILES string of the molecule is CC(C=CC1=C(C)CCCC1(C)C)=CC=CC(C)=CC(N)c1ccc(O)cc1. The first-order chi connectivity index (χ1) is 13.2. The Morgan fingerprint density at radius 3 is 2.43 bits per heavy atom. The van der Waals surface area contributed by atoms with Crippen LogP contribution in [0.5, 0.6) is 5.75 Å². The largest absolute Gasteiger partial charge is 0.508 e. The minimum Gasteiger partial charge on any atom is -0.508 e. The highest BCUT2D eigenvalue weighted by Gasteiger charge is 2.26. The molecular formula is C26H35NO. The molecule has 0 saturated heterocycles. The summed E-state index contributed by atoms with van der Waals surface area (Å²) in [4.78, 5) is 0. The molecule has 3 N–H and O–H groups in total. The van der Waals surface area contributed by atoms with Gasteiger partial charge in [0.25, 0.3) is 0 Å². The Hall–Kier alpha value is -2.32. The smallest absolute Gasteiger partial charge is 0.115 e. The van der Waals surface area contributed by atoms with E-state index in [9.17, 15) is 5.11 Å². The number of phenolic OH excluding ortho intramolecular Hbond substituents is 1. The number of phenols is 1. The van der Waals surface area contributed by atoms with Crippen molar-refractivity contribution in [2.45, 2.75) is 59.9 Å². The van der Waals surface area contributed by atoms with Gasteiger partial charge in [0.15, 0.2) is 0 Å². The number of hydrogen-bond donors (Lipinski definition) is 2. The van der Waals surface area contributed by atoms with Gasteiger partial charge in [-0.2, -0.15) is 0 Å². The Morgan fingerprint density at radius 1 is 1.11 bits per heavy atom. The molecule has 0 saturated carbocycles. The van der Waals surface area contributed by atoms with Gasteiger partial charge in [-0.15, -0.1) is 0 Å². The van der Waals surface area contributed by atoms with Crippen LogP contribution in [0.1, 0.15) is 65.5 Å². The molecule has 1 aliphatic rings. The summed E-state index contributed by atoms with van der Waals surface area (Å²) in [6.07, 6.45) is 16.6. The zero-order chi connectivity index (χ0) is 20.7. The van der Waals surface area contributed by atoms with Gasteiger partial charge < -0.3 is 10.8 Å². The zero-order valence-corrected chi connectivity index (χ0v) is 18.0. The first kappa shape index (κ1) is 22.0. The second-order valence-electron chi connectivity index (χ2n) is 8.56. The van der Waals surface area contributed by atoms with Crippen LogP contribution >= 0.6 is 0 Å². The van der Waals surface area contributed by atoms with E-state index < -0.39 is 0 Å². The first-order valence-corrected chi connectivity index (χ1v) is 10.2. The predicted molar refractivity (Wildman–Crippen MR) is 121 cm³/mol. The minimum atomic E-state index is -0.182. The highest BCUT2D eigenvalue weighted by atomic mass is 16.3. The molecule has 1 aliphatic carbocycles. The monoisotopic (exact) mass is 377 g/mol. The lowest BCUT2D eigenvalue weighted by molar-refractivity contribution is 0.377. The van der Waals surface area contributed by atoms with E-state index in [1.807, 2.05) is 18.2 Å². The maximum atomic E-state index is 9.38. The highest BCUT2D eigenvalue weighted by Crippen LogP contribution is 2.40. The molecule has 1 unspecified atom stereocenters. The Bertz CT molecular complexity index is 816. The molecule has 0 spiro atoms. The molecule has 1 atom stereocenters. The van der Waals surface area contributed by atoms with Crippen molar-refractivity contribution in [2.24, 2.45) is 11.1 Å². The highest BCUT2D eigenvalue weighted by molar-refractivity contribution is 5.37. The Kier molecular flexibility index (Phi) is 7.65. The molecule has 0 bridgehead atoms. The van der Waals surface area contributed by atoms with E-state index in [1.54, 1.807) is 12.1 Å². The molecule has 0 aliphatic heterocycles. The van der Waals surface area contributed by atoms with Gasteiger partial charge in [-0.25, -0.2) is 0 Å². The van der Waals surface area contributed by atoms with Crippen LogP contribution in [0.15, 0.2) is 83.0 Å². The van der Waals surface area contributed by atoms with E-state index >= 15 is 0 Å². The molecule has 1 aromatic rings. The number of hydrogen-bond acceptors (Lipinski definition) is 2. The van der Waals surface area contributed by atoms with Crippen molar-refractivity contribution < 1.29 is 5.11 Å². The van der Waals surface area contributed by atoms with E-state index in [0.717, 1.165) is 11.1 Å². The van der Waals surface area contributed by atoms with Crippen molar-refractivity contribution in [2.75, 3.05) is 0 Å². The molecule has 28 heavy (non-hydrogen) atoms. The lowest BCUT2D eigenvalue weighted by Gasteiger charge is -2.32. The summed E-state index contributed by atoms with van der Waals surface area (Å²) in [7, 11) is 0. The van der Waals surface area contributed by atoms with Gasteiger partial charge in [0.2, 0.25) is 0 Å². The van der Waals surface area contributed by atoms with Crippen LogP contribution in [0.3, 0.4) is 0 Å². The standard InChI is InChI=1S/C26H35NO/c1-19(11-16-24-21(3)10-7-17-26(24,4)5)8-6-9-20(2)18-25(27)22-12-14-23(28)15-13-22/h6,8-9,11-16,18,25,28H,7,10,17,27H2,1-5H3. The summed E-state index contributed by atoms with van der Waals surface area (Å²) in [6, 6.07) is 6.85. The molecule has 2 rings (SSSR count). The number of aromatic hydroxyl groups is 1. The summed E-state index contributed by atoms with van der Waals surface area (Å²) in [5.41, 5.74) is 12.8. The third-order valence-electron chi connectivity index (χ3n) is 5.49. The molecule has 2 nitrogen and oxygen atoms in total. The number of nitrogens with two attached hydrogens (primary N) is 1. The maximum absolute atomic E-state index is 9.38. The van der Waals surface area contributed by atoms with Crippen molar-refractivity contribution in [1.29, 1.82) is 0 Å². The second kappa shape index (κ2) is 9.75. The van der Waals surface area contributed by atoms with Crippen molar-refractivity contribution in [1.82, 2.24) is 0 Å². The van der Waals surface area contributed by atoms with Crippen molar-refractivity contribution in [3.8, 4) is 5.75 Å². The van der Waals surface area contributed by atoms with Gasteiger partial charge in [-0.05, 0) is 68.7 Å². The van der Waals surface area contributed by atoms with E-state index in [2.05, 4.69) is 65.0 Å². The van der Waals surface area contributed by atoms with Gasteiger partial charge in [0, 0.05) is 6.04 Å². The van der Waals surface area contributed by atoms with Crippen molar-refractivity contribution in [3.63, 3.8) is 0 Å². The molecule has 2 heteroatoms. The van der Waals surface area contributed by atoms with Gasteiger partial charge in [0.1, 0.15) is 5.75 Å². The summed E-state index contributed by atoms with van der Waals surface area (Å²) < 4.78 is 0. The summed E-state index contributed by atoms with van der Waals surface area (Å²) in [6.45, 7) is 11.1. The number of rotatable bonds is 6. The normalized spacial score (nSPS) is 19.6. The van der Waals surface area contributed by atoms with Crippen LogP contribution in [-0.4, -0.2) is 5.11 Å². The summed E-state index contributed by atoms with van der Waals surface area (Å²) in [5, 5.41) is 9.38. The molecule has 0 amide bonds. The quantitative estimate of drug-likeness (QED) is 0.528. The fraction of sp³-hybridized carbons (Fsp3) is 0.385. The molecule has 150 valence electrons. The van der Waals surface area contributed by atoms with Gasteiger partial charge >= 0.3 is 0 Å².